The molecular formula is C25H36N2OS. The van der Waals surface area contributed by atoms with Crippen molar-refractivity contribution in [3.63, 3.8) is 0 Å². The lowest BCUT2D eigenvalue weighted by Crippen LogP contribution is -2.11. The number of nitrogens with zero attached hydrogens (tertiary/aromatic N) is 2. The minimum Gasteiger partial charge on any atom is -0.491 e. The molecule has 4 heteroatoms. The number of hydrogen-bond acceptors (Lipinski definition) is 3. The molecule has 29 heavy (non-hydrogen) atoms. The molecule has 158 valence electrons. The maximum atomic E-state index is 6.08. The molecule has 0 bridgehead atoms. The monoisotopic (exact) mass is 412 g/mol. The smallest absolute Gasteiger partial charge is 0.194 e. The molecule has 2 aromatic heterocycles. The molecule has 3 aromatic rings. The van der Waals surface area contributed by atoms with E-state index in [0.29, 0.717) is 0 Å². The first kappa shape index (κ1) is 21.9. The van der Waals surface area contributed by atoms with Crippen LogP contribution in [0, 0.1) is 0 Å². The lowest BCUT2D eigenvalue weighted by molar-refractivity contribution is 0.206. The third-order valence-corrected chi connectivity index (χ3v) is 6.49. The first-order chi connectivity index (χ1) is 14.2. The quantitative estimate of drug-likeness (QED) is 0.266. The molecule has 3 nitrogen and oxygen atoms in total. The highest BCUT2D eigenvalue weighted by atomic mass is 32.1. The lowest BCUT2D eigenvalue weighted by atomic mass is 10.1. The van der Waals surface area contributed by atoms with Crippen molar-refractivity contribution in [3.05, 3.63) is 41.5 Å². The highest BCUT2D eigenvalue weighted by Gasteiger charge is 2.09. The van der Waals surface area contributed by atoms with Crippen LogP contribution in [0.15, 0.2) is 36.7 Å². The van der Waals surface area contributed by atoms with E-state index in [1.54, 1.807) is 0 Å². The number of fused-ring (bicyclic) bond motifs is 1. The number of aryl methyl sites for hydroxylation is 1. The molecule has 1 unspecified atom stereocenters. The first-order valence-electron chi connectivity index (χ1n) is 11.4. The first-order valence-corrected chi connectivity index (χ1v) is 12.3. The molecule has 0 amide bonds. The Hall–Kier alpha value is -1.81. The minimum absolute atomic E-state index is 0.270. The molecule has 0 aliphatic heterocycles. The van der Waals surface area contributed by atoms with Crippen molar-refractivity contribution >= 4 is 16.3 Å². The molecule has 0 saturated carbocycles. The largest absolute Gasteiger partial charge is 0.491 e. The van der Waals surface area contributed by atoms with Crippen LogP contribution < -0.4 is 4.74 Å². The summed E-state index contributed by atoms with van der Waals surface area (Å²) >= 11 is 1.82. The van der Waals surface area contributed by atoms with E-state index < -0.39 is 0 Å². The molecule has 0 saturated heterocycles. The number of hydrogen-bond donors (Lipinski definition) is 0. The fourth-order valence-corrected chi connectivity index (χ4v) is 4.68. The average Bonchev–Trinajstić information content (AvgIpc) is 3.28. The van der Waals surface area contributed by atoms with Gasteiger partial charge in [-0.15, -0.1) is 11.3 Å². The van der Waals surface area contributed by atoms with Crippen LogP contribution in [-0.2, 0) is 6.42 Å². The molecule has 0 N–H and O–H groups in total. The zero-order valence-corrected chi connectivity index (χ0v) is 19.1. The Morgan fingerprint density at radius 1 is 0.931 bits per heavy atom. The number of thiazole rings is 1. The van der Waals surface area contributed by atoms with Gasteiger partial charge in [0.05, 0.1) is 11.8 Å². The Kier molecular flexibility index (Phi) is 8.60. The summed E-state index contributed by atoms with van der Waals surface area (Å²) in [6.45, 7) is 6.68. The van der Waals surface area contributed by atoms with E-state index in [1.807, 2.05) is 11.3 Å². The predicted molar refractivity (Wildman–Crippen MR) is 125 cm³/mol. The van der Waals surface area contributed by atoms with E-state index in [1.165, 1.54) is 62.7 Å². The summed E-state index contributed by atoms with van der Waals surface area (Å²) < 4.78 is 8.25. The number of aromatic nitrogens is 2. The van der Waals surface area contributed by atoms with Crippen LogP contribution in [0.2, 0.25) is 0 Å². The Morgan fingerprint density at radius 3 is 2.34 bits per heavy atom. The van der Waals surface area contributed by atoms with Crippen molar-refractivity contribution in [2.45, 2.75) is 91.1 Å². The van der Waals surface area contributed by atoms with Crippen LogP contribution in [0.1, 0.15) is 83.4 Å². The molecule has 2 heterocycles. The van der Waals surface area contributed by atoms with Gasteiger partial charge in [0.25, 0.3) is 0 Å². The second-order valence-electron chi connectivity index (χ2n) is 8.13. The zero-order chi connectivity index (χ0) is 20.5. The van der Waals surface area contributed by atoms with E-state index in [4.69, 9.17) is 9.72 Å². The second-order valence-corrected chi connectivity index (χ2v) is 9.22. The molecule has 1 atom stereocenters. The summed E-state index contributed by atoms with van der Waals surface area (Å²) in [5.74, 6) is 0.951. The van der Waals surface area contributed by atoms with Gasteiger partial charge in [0, 0.05) is 22.8 Å². The van der Waals surface area contributed by atoms with Gasteiger partial charge in [0.1, 0.15) is 5.75 Å². The molecule has 0 radical (unpaired) electrons. The maximum absolute atomic E-state index is 6.08. The van der Waals surface area contributed by atoms with E-state index >= 15 is 0 Å². The van der Waals surface area contributed by atoms with Gasteiger partial charge in [-0.1, -0.05) is 52.4 Å². The van der Waals surface area contributed by atoms with Gasteiger partial charge < -0.3 is 4.74 Å². The van der Waals surface area contributed by atoms with Crippen molar-refractivity contribution in [1.82, 2.24) is 9.38 Å². The van der Waals surface area contributed by atoms with Gasteiger partial charge in [-0.25, -0.2) is 4.98 Å². The summed E-state index contributed by atoms with van der Waals surface area (Å²) in [7, 11) is 0. The Bertz CT molecular complexity index is 818. The van der Waals surface area contributed by atoms with Crippen molar-refractivity contribution in [2.75, 3.05) is 0 Å². The van der Waals surface area contributed by atoms with Gasteiger partial charge in [0.15, 0.2) is 4.96 Å². The van der Waals surface area contributed by atoms with Gasteiger partial charge in [-0.05, 0) is 56.9 Å². The van der Waals surface area contributed by atoms with Crippen LogP contribution in [-0.4, -0.2) is 15.5 Å². The third kappa shape index (κ3) is 6.60. The Labute approximate surface area is 180 Å². The molecule has 0 aliphatic rings. The van der Waals surface area contributed by atoms with E-state index in [9.17, 15) is 0 Å². The SMILES string of the molecule is CCCCCCc1cn2cc(-c3ccc(OC(C)CCCCCC)cc3)nc2s1. The zero-order valence-electron chi connectivity index (χ0n) is 18.3. The van der Waals surface area contributed by atoms with Crippen LogP contribution in [0.4, 0.5) is 0 Å². The number of ether oxygens (including phenoxy) is 1. The molecule has 3 rings (SSSR count). The normalized spacial score (nSPS) is 12.5. The van der Waals surface area contributed by atoms with Gasteiger partial charge in [-0.3, -0.25) is 4.40 Å². The van der Waals surface area contributed by atoms with Gasteiger partial charge in [-0.2, -0.15) is 0 Å². The van der Waals surface area contributed by atoms with Gasteiger partial charge >= 0.3 is 0 Å². The molecule has 1 aromatic carbocycles. The summed E-state index contributed by atoms with van der Waals surface area (Å²) in [6.07, 6.45) is 17.4. The summed E-state index contributed by atoms with van der Waals surface area (Å²) in [5.41, 5.74) is 2.18. The van der Waals surface area contributed by atoms with Gasteiger partial charge in [0.2, 0.25) is 0 Å². The van der Waals surface area contributed by atoms with E-state index in [0.717, 1.165) is 28.4 Å². The highest BCUT2D eigenvalue weighted by molar-refractivity contribution is 7.17. The number of rotatable bonds is 13. The second kappa shape index (κ2) is 11.4. The van der Waals surface area contributed by atoms with E-state index in [2.05, 4.69) is 61.8 Å². The third-order valence-electron chi connectivity index (χ3n) is 5.43. The lowest BCUT2D eigenvalue weighted by Gasteiger charge is -2.14. The molecule has 0 aliphatic carbocycles. The Morgan fingerprint density at radius 2 is 1.66 bits per heavy atom. The number of benzene rings is 1. The summed E-state index contributed by atoms with van der Waals surface area (Å²) in [5, 5.41) is 0. The van der Waals surface area contributed by atoms with Crippen molar-refractivity contribution in [2.24, 2.45) is 0 Å². The van der Waals surface area contributed by atoms with Crippen LogP contribution in [0.3, 0.4) is 0 Å². The van der Waals surface area contributed by atoms with Crippen molar-refractivity contribution < 1.29 is 4.74 Å². The van der Waals surface area contributed by atoms with Crippen molar-refractivity contribution in [1.29, 1.82) is 0 Å². The summed E-state index contributed by atoms with van der Waals surface area (Å²) in [6, 6.07) is 8.39. The maximum Gasteiger partial charge on any atom is 0.194 e. The Balaban J connectivity index is 1.53. The fourth-order valence-electron chi connectivity index (χ4n) is 3.68. The average molecular weight is 413 g/mol. The van der Waals surface area contributed by atoms with Crippen molar-refractivity contribution in [3.8, 4) is 17.0 Å². The molecular weight excluding hydrogens is 376 g/mol. The van der Waals surface area contributed by atoms with Crippen LogP contribution >= 0.6 is 11.3 Å². The summed E-state index contributed by atoms with van der Waals surface area (Å²) in [4.78, 5) is 7.36. The number of unbranched alkanes of at least 4 members (excludes halogenated alkanes) is 6. The number of imidazole rings is 1. The molecule has 0 spiro atoms. The topological polar surface area (TPSA) is 26.5 Å². The highest BCUT2D eigenvalue weighted by Crippen LogP contribution is 2.27. The standard InChI is InChI=1S/C25H36N2OS/c1-4-6-8-10-12-20(3)28-22-16-14-21(15-17-22)24-19-27-18-23(29-25(27)26-24)13-11-9-7-5-2/h14-20H,4-13H2,1-3H3. The van der Waals surface area contributed by atoms with Crippen LogP contribution in [0.5, 0.6) is 5.75 Å². The fraction of sp³-hybridized carbons (Fsp3) is 0.560. The molecule has 0 fully saturated rings. The van der Waals surface area contributed by atoms with E-state index in [-0.39, 0.29) is 6.10 Å². The predicted octanol–water partition coefficient (Wildman–Crippen LogP) is 7.92. The van der Waals surface area contributed by atoms with Crippen LogP contribution in [0.25, 0.3) is 16.2 Å². The minimum atomic E-state index is 0.270.